The number of rotatable bonds is 1. The molecule has 4 rings (SSSR count). The monoisotopic (exact) mass is 271 g/mol. The van der Waals surface area contributed by atoms with Crippen LogP contribution in [0.25, 0.3) is 32.8 Å². The van der Waals surface area contributed by atoms with E-state index < -0.39 is 0 Å². The van der Waals surface area contributed by atoms with Gasteiger partial charge in [0.05, 0.1) is 0 Å². The Morgan fingerprint density at radius 1 is 0.619 bits per heavy atom. The molecule has 0 aliphatic carbocycles. The van der Waals surface area contributed by atoms with Crippen LogP contribution in [0.1, 0.15) is 0 Å². The highest BCUT2D eigenvalue weighted by atomic mass is 16.1. The van der Waals surface area contributed by atoms with Gasteiger partial charge in [-0.3, -0.25) is 4.79 Å². The number of aromatic nitrogens is 1. The number of hydrogen-bond donors (Lipinski definition) is 1. The Bertz CT molecular complexity index is 1000. The fourth-order valence-corrected chi connectivity index (χ4v) is 2.79. The van der Waals surface area contributed by atoms with Crippen molar-refractivity contribution < 1.29 is 0 Å². The van der Waals surface area contributed by atoms with Crippen LogP contribution < -0.4 is 5.56 Å². The van der Waals surface area contributed by atoms with E-state index in [1.165, 1.54) is 5.56 Å². The third-order valence-corrected chi connectivity index (χ3v) is 3.84. The van der Waals surface area contributed by atoms with Crippen molar-refractivity contribution in [3.8, 4) is 11.1 Å². The van der Waals surface area contributed by atoms with Crippen LogP contribution in [0.5, 0.6) is 0 Å². The van der Waals surface area contributed by atoms with Crippen molar-refractivity contribution in [1.29, 1.82) is 0 Å². The van der Waals surface area contributed by atoms with Crippen molar-refractivity contribution in [3.05, 3.63) is 83.2 Å². The summed E-state index contributed by atoms with van der Waals surface area (Å²) >= 11 is 0. The Labute approximate surface area is 121 Å². The molecule has 0 radical (unpaired) electrons. The molecule has 0 fully saturated rings. The SMILES string of the molecule is O=c1[nH]c2ccc(-c3ccccc3)cc2c2ccccc12. The normalized spacial score (nSPS) is 11.0. The quantitative estimate of drug-likeness (QED) is 0.513. The van der Waals surface area contributed by atoms with Gasteiger partial charge in [0.15, 0.2) is 0 Å². The first-order chi connectivity index (χ1) is 10.3. The predicted octanol–water partition coefficient (Wildman–Crippen LogP) is 4.35. The molecular formula is C19H13NO. The molecule has 0 aliphatic heterocycles. The Balaban J connectivity index is 2.10. The van der Waals surface area contributed by atoms with E-state index in [1.807, 2.05) is 54.6 Å². The van der Waals surface area contributed by atoms with Crippen LogP contribution in [-0.2, 0) is 0 Å². The summed E-state index contributed by atoms with van der Waals surface area (Å²) in [4.78, 5) is 15.0. The second-order valence-corrected chi connectivity index (χ2v) is 5.13. The van der Waals surface area contributed by atoms with Crippen LogP contribution in [0.3, 0.4) is 0 Å². The van der Waals surface area contributed by atoms with E-state index in [1.54, 1.807) is 0 Å². The lowest BCUT2D eigenvalue weighted by atomic mass is 10.0. The summed E-state index contributed by atoms with van der Waals surface area (Å²) in [6, 6.07) is 24.2. The summed E-state index contributed by atoms with van der Waals surface area (Å²) in [6.45, 7) is 0. The summed E-state index contributed by atoms with van der Waals surface area (Å²) in [6.07, 6.45) is 0. The van der Waals surface area contributed by atoms with Crippen LogP contribution in [0.15, 0.2) is 77.6 Å². The maximum absolute atomic E-state index is 12.1. The van der Waals surface area contributed by atoms with Crippen LogP contribution in [0.2, 0.25) is 0 Å². The standard InChI is InChI=1S/C19H13NO/c21-19-16-9-5-4-8-15(16)17-12-14(10-11-18(17)20-19)13-6-2-1-3-7-13/h1-12H,(H,20,21). The summed E-state index contributed by atoms with van der Waals surface area (Å²) in [5.74, 6) is 0. The largest absolute Gasteiger partial charge is 0.321 e. The molecular weight excluding hydrogens is 258 g/mol. The van der Waals surface area contributed by atoms with Crippen LogP contribution in [-0.4, -0.2) is 4.98 Å². The predicted molar refractivity (Wildman–Crippen MR) is 87.5 cm³/mol. The van der Waals surface area contributed by atoms with Gasteiger partial charge in [0, 0.05) is 16.3 Å². The van der Waals surface area contributed by atoms with Gasteiger partial charge in [-0.2, -0.15) is 0 Å². The minimum atomic E-state index is -0.0365. The second kappa shape index (κ2) is 4.60. The van der Waals surface area contributed by atoms with E-state index in [0.29, 0.717) is 0 Å². The van der Waals surface area contributed by atoms with E-state index in [4.69, 9.17) is 0 Å². The van der Waals surface area contributed by atoms with Gasteiger partial charge >= 0.3 is 0 Å². The Hall–Kier alpha value is -2.87. The van der Waals surface area contributed by atoms with Gasteiger partial charge in [-0.1, -0.05) is 54.6 Å². The number of nitrogens with one attached hydrogen (secondary N) is 1. The molecule has 0 bridgehead atoms. The zero-order valence-corrected chi connectivity index (χ0v) is 11.3. The molecule has 1 heterocycles. The van der Waals surface area contributed by atoms with Crippen molar-refractivity contribution in [2.75, 3.05) is 0 Å². The maximum atomic E-state index is 12.1. The van der Waals surface area contributed by atoms with E-state index in [9.17, 15) is 4.79 Å². The minimum Gasteiger partial charge on any atom is -0.321 e. The van der Waals surface area contributed by atoms with E-state index in [2.05, 4.69) is 23.2 Å². The number of pyridine rings is 1. The van der Waals surface area contributed by atoms with Gasteiger partial charge in [-0.05, 0) is 34.7 Å². The van der Waals surface area contributed by atoms with E-state index in [0.717, 1.165) is 27.2 Å². The lowest BCUT2D eigenvalue weighted by molar-refractivity contribution is 1.34. The highest BCUT2D eigenvalue weighted by Gasteiger charge is 2.06. The summed E-state index contributed by atoms with van der Waals surface area (Å²) in [7, 11) is 0. The summed E-state index contributed by atoms with van der Waals surface area (Å²) in [5, 5.41) is 2.80. The molecule has 2 nitrogen and oxygen atoms in total. The van der Waals surface area contributed by atoms with Gasteiger partial charge in [0.1, 0.15) is 0 Å². The highest BCUT2D eigenvalue weighted by molar-refractivity contribution is 6.06. The Morgan fingerprint density at radius 2 is 1.33 bits per heavy atom. The topological polar surface area (TPSA) is 32.9 Å². The van der Waals surface area contributed by atoms with Gasteiger partial charge in [0.2, 0.25) is 0 Å². The van der Waals surface area contributed by atoms with Crippen molar-refractivity contribution in [3.63, 3.8) is 0 Å². The molecule has 0 saturated heterocycles. The molecule has 100 valence electrons. The van der Waals surface area contributed by atoms with Crippen molar-refractivity contribution >= 4 is 21.7 Å². The zero-order valence-electron chi connectivity index (χ0n) is 11.3. The first-order valence-electron chi connectivity index (χ1n) is 6.93. The van der Waals surface area contributed by atoms with Gasteiger partial charge < -0.3 is 4.98 Å². The summed E-state index contributed by atoms with van der Waals surface area (Å²) < 4.78 is 0. The number of benzene rings is 3. The first-order valence-corrected chi connectivity index (χ1v) is 6.93. The van der Waals surface area contributed by atoms with E-state index >= 15 is 0 Å². The molecule has 2 heteroatoms. The van der Waals surface area contributed by atoms with Crippen molar-refractivity contribution in [2.24, 2.45) is 0 Å². The molecule has 0 atom stereocenters. The van der Waals surface area contributed by atoms with Crippen LogP contribution >= 0.6 is 0 Å². The van der Waals surface area contributed by atoms with Crippen molar-refractivity contribution in [2.45, 2.75) is 0 Å². The fourth-order valence-electron chi connectivity index (χ4n) is 2.79. The van der Waals surface area contributed by atoms with Gasteiger partial charge in [-0.15, -0.1) is 0 Å². The molecule has 0 spiro atoms. The lowest BCUT2D eigenvalue weighted by Crippen LogP contribution is -2.05. The Kier molecular flexibility index (Phi) is 2.61. The van der Waals surface area contributed by atoms with Gasteiger partial charge in [0.25, 0.3) is 5.56 Å². The van der Waals surface area contributed by atoms with E-state index in [-0.39, 0.29) is 5.56 Å². The molecule has 0 aliphatic rings. The average Bonchev–Trinajstić information content (AvgIpc) is 2.56. The second-order valence-electron chi connectivity index (χ2n) is 5.13. The molecule has 0 amide bonds. The van der Waals surface area contributed by atoms with Gasteiger partial charge in [-0.25, -0.2) is 0 Å². The van der Waals surface area contributed by atoms with Crippen LogP contribution in [0.4, 0.5) is 0 Å². The Morgan fingerprint density at radius 3 is 2.14 bits per heavy atom. The summed E-state index contributed by atoms with van der Waals surface area (Å²) in [5.41, 5.74) is 3.17. The minimum absolute atomic E-state index is 0.0365. The number of H-pyrrole nitrogens is 1. The molecule has 1 aromatic heterocycles. The number of hydrogen-bond acceptors (Lipinski definition) is 1. The molecule has 3 aromatic carbocycles. The van der Waals surface area contributed by atoms with Crippen molar-refractivity contribution in [1.82, 2.24) is 4.98 Å². The fraction of sp³-hybridized carbons (Fsp3) is 0. The maximum Gasteiger partial charge on any atom is 0.256 e. The molecule has 0 saturated carbocycles. The van der Waals surface area contributed by atoms with Crippen LogP contribution in [0, 0.1) is 0 Å². The number of fused-ring (bicyclic) bond motifs is 3. The zero-order chi connectivity index (χ0) is 14.2. The first kappa shape index (κ1) is 11.9. The molecule has 21 heavy (non-hydrogen) atoms. The molecule has 0 unspecified atom stereocenters. The molecule has 4 aromatic rings. The smallest absolute Gasteiger partial charge is 0.256 e. The average molecular weight is 271 g/mol. The third-order valence-electron chi connectivity index (χ3n) is 3.84. The lowest BCUT2D eigenvalue weighted by Gasteiger charge is -2.07. The third kappa shape index (κ3) is 1.93. The number of aromatic amines is 1. The highest BCUT2D eigenvalue weighted by Crippen LogP contribution is 2.27. The molecule has 1 N–H and O–H groups in total.